The van der Waals surface area contributed by atoms with Gasteiger partial charge >= 0.3 is 0 Å². The van der Waals surface area contributed by atoms with Crippen LogP contribution in [0.15, 0.2) is 30.3 Å². The Bertz CT molecular complexity index is 569. The molecule has 0 saturated heterocycles. The number of hydrogen-bond acceptors (Lipinski definition) is 4. The Morgan fingerprint density at radius 1 is 1.33 bits per heavy atom. The van der Waals surface area contributed by atoms with Crippen molar-refractivity contribution < 1.29 is 9.47 Å². The number of fused-ring (bicyclic) bond motifs is 1. The monoisotopic (exact) mass is 245 g/mol. The van der Waals surface area contributed by atoms with Gasteiger partial charge in [-0.1, -0.05) is 18.2 Å². The van der Waals surface area contributed by atoms with E-state index in [1.165, 1.54) is 0 Å². The van der Waals surface area contributed by atoms with Crippen LogP contribution in [0.2, 0.25) is 0 Å². The smallest absolute Gasteiger partial charge is 0.225 e. The van der Waals surface area contributed by atoms with Crippen molar-refractivity contribution in [3.63, 3.8) is 0 Å². The number of benzene rings is 1. The Balaban J connectivity index is 2.41. The number of nitrogens with one attached hydrogen (secondary N) is 1. The lowest BCUT2D eigenvalue weighted by molar-refractivity contribution is 0.144. The first kappa shape index (κ1) is 12.3. The quantitative estimate of drug-likeness (QED) is 0.475. The maximum Gasteiger partial charge on any atom is 0.225 e. The zero-order valence-electron chi connectivity index (χ0n) is 10.1. The lowest BCUT2D eigenvalue weighted by atomic mass is 10.1. The molecule has 0 spiro atoms. The number of amidine groups is 1. The van der Waals surface area contributed by atoms with E-state index in [1.807, 2.05) is 30.3 Å². The summed E-state index contributed by atoms with van der Waals surface area (Å²) in [4.78, 5) is 4.37. The predicted octanol–water partition coefficient (Wildman–Crippen LogP) is 1.54. The third-order valence-corrected chi connectivity index (χ3v) is 2.51. The highest BCUT2D eigenvalue weighted by molar-refractivity contribution is 6.00. The van der Waals surface area contributed by atoms with E-state index in [0.29, 0.717) is 24.7 Å². The first-order valence-electron chi connectivity index (χ1n) is 5.58. The summed E-state index contributed by atoms with van der Waals surface area (Å²) >= 11 is 0. The molecule has 0 aliphatic carbocycles. The van der Waals surface area contributed by atoms with E-state index in [0.717, 1.165) is 10.9 Å². The van der Waals surface area contributed by atoms with Crippen LogP contribution in [0, 0.1) is 5.41 Å². The van der Waals surface area contributed by atoms with Crippen LogP contribution in [0.4, 0.5) is 0 Å². The number of aromatic nitrogens is 1. The van der Waals surface area contributed by atoms with E-state index in [4.69, 9.17) is 20.6 Å². The van der Waals surface area contributed by atoms with Crippen molar-refractivity contribution in [1.29, 1.82) is 5.41 Å². The van der Waals surface area contributed by atoms with Gasteiger partial charge in [0, 0.05) is 12.5 Å². The van der Waals surface area contributed by atoms with E-state index in [-0.39, 0.29) is 5.84 Å². The molecule has 94 valence electrons. The second-order valence-electron chi connectivity index (χ2n) is 3.79. The number of nitrogen functional groups attached to an aromatic ring is 1. The average molecular weight is 245 g/mol. The van der Waals surface area contributed by atoms with Gasteiger partial charge < -0.3 is 15.2 Å². The number of para-hydroxylation sites is 1. The van der Waals surface area contributed by atoms with Gasteiger partial charge in [-0.05, 0) is 12.1 Å². The molecule has 3 N–H and O–H groups in total. The normalized spacial score (nSPS) is 10.5. The molecule has 1 aromatic carbocycles. The number of nitrogens with zero attached hydrogens (tertiary/aromatic N) is 1. The lowest BCUT2D eigenvalue weighted by Gasteiger charge is -2.10. The molecular weight excluding hydrogens is 230 g/mol. The van der Waals surface area contributed by atoms with Crippen LogP contribution in [0.1, 0.15) is 5.56 Å². The van der Waals surface area contributed by atoms with Crippen molar-refractivity contribution >= 4 is 16.7 Å². The minimum atomic E-state index is -0.0549. The highest BCUT2D eigenvalue weighted by Crippen LogP contribution is 2.21. The van der Waals surface area contributed by atoms with Crippen LogP contribution >= 0.6 is 0 Å². The Morgan fingerprint density at radius 2 is 2.11 bits per heavy atom. The van der Waals surface area contributed by atoms with Gasteiger partial charge in [-0.2, -0.15) is 0 Å². The van der Waals surface area contributed by atoms with Crippen LogP contribution in [0.25, 0.3) is 10.9 Å². The van der Waals surface area contributed by atoms with Gasteiger partial charge in [0.1, 0.15) is 12.4 Å². The summed E-state index contributed by atoms with van der Waals surface area (Å²) < 4.78 is 10.4. The molecule has 5 heteroatoms. The van der Waals surface area contributed by atoms with E-state index < -0.39 is 0 Å². The highest BCUT2D eigenvalue weighted by Gasteiger charge is 2.10. The van der Waals surface area contributed by atoms with Gasteiger partial charge in [0.25, 0.3) is 0 Å². The Kier molecular flexibility index (Phi) is 3.74. The van der Waals surface area contributed by atoms with Crippen LogP contribution in [-0.4, -0.2) is 31.1 Å². The lowest BCUT2D eigenvalue weighted by Crippen LogP contribution is -2.15. The Labute approximate surface area is 105 Å². The molecule has 0 unspecified atom stereocenters. The minimum absolute atomic E-state index is 0.0549. The van der Waals surface area contributed by atoms with Gasteiger partial charge in [-0.3, -0.25) is 5.41 Å². The van der Waals surface area contributed by atoms with E-state index in [1.54, 1.807) is 7.11 Å². The molecule has 1 heterocycles. The second-order valence-corrected chi connectivity index (χ2v) is 3.79. The number of ether oxygens (including phenoxy) is 2. The number of pyridine rings is 1. The third kappa shape index (κ3) is 2.57. The minimum Gasteiger partial charge on any atom is -0.475 e. The molecular formula is C13H15N3O2. The van der Waals surface area contributed by atoms with Crippen LogP contribution in [0.5, 0.6) is 5.88 Å². The molecule has 5 nitrogen and oxygen atoms in total. The molecule has 0 bridgehead atoms. The summed E-state index contributed by atoms with van der Waals surface area (Å²) in [5.41, 5.74) is 6.86. The molecule has 0 atom stereocenters. The Morgan fingerprint density at radius 3 is 2.83 bits per heavy atom. The highest BCUT2D eigenvalue weighted by atomic mass is 16.5. The fourth-order valence-electron chi connectivity index (χ4n) is 1.62. The number of rotatable bonds is 5. The maximum atomic E-state index is 7.56. The summed E-state index contributed by atoms with van der Waals surface area (Å²) in [5.74, 6) is 0.318. The zero-order chi connectivity index (χ0) is 13.0. The molecule has 0 amide bonds. The molecule has 1 aromatic heterocycles. The van der Waals surface area contributed by atoms with E-state index >= 15 is 0 Å². The molecule has 2 aromatic rings. The van der Waals surface area contributed by atoms with Crippen molar-refractivity contribution in [2.75, 3.05) is 20.3 Å². The molecule has 0 fully saturated rings. The molecule has 18 heavy (non-hydrogen) atoms. The van der Waals surface area contributed by atoms with Gasteiger partial charge in [0.05, 0.1) is 17.7 Å². The molecule has 2 rings (SSSR count). The van der Waals surface area contributed by atoms with E-state index in [9.17, 15) is 0 Å². The topological polar surface area (TPSA) is 81.2 Å². The van der Waals surface area contributed by atoms with Crippen molar-refractivity contribution in [2.24, 2.45) is 5.73 Å². The van der Waals surface area contributed by atoms with Gasteiger partial charge in [0.2, 0.25) is 5.88 Å². The Hall–Kier alpha value is -2.14. The van der Waals surface area contributed by atoms with Crippen LogP contribution < -0.4 is 10.5 Å². The first-order valence-corrected chi connectivity index (χ1v) is 5.58. The third-order valence-electron chi connectivity index (χ3n) is 2.51. The average Bonchev–Trinajstić information content (AvgIpc) is 2.38. The summed E-state index contributed by atoms with van der Waals surface area (Å²) in [7, 11) is 1.60. The predicted molar refractivity (Wildman–Crippen MR) is 70.1 cm³/mol. The number of hydrogen-bond donors (Lipinski definition) is 2. The fourth-order valence-corrected chi connectivity index (χ4v) is 1.62. The van der Waals surface area contributed by atoms with Crippen molar-refractivity contribution in [2.45, 2.75) is 0 Å². The van der Waals surface area contributed by atoms with Crippen molar-refractivity contribution in [3.8, 4) is 5.88 Å². The first-order chi connectivity index (χ1) is 8.72. The molecule has 0 saturated carbocycles. The fraction of sp³-hybridized carbons (Fsp3) is 0.231. The van der Waals surface area contributed by atoms with Crippen LogP contribution in [-0.2, 0) is 4.74 Å². The summed E-state index contributed by atoms with van der Waals surface area (Å²) in [6, 6.07) is 9.45. The van der Waals surface area contributed by atoms with Gasteiger partial charge in [0.15, 0.2) is 0 Å². The summed E-state index contributed by atoms with van der Waals surface area (Å²) in [5, 5.41) is 8.49. The van der Waals surface area contributed by atoms with Crippen molar-refractivity contribution in [3.05, 3.63) is 35.9 Å². The zero-order valence-corrected chi connectivity index (χ0v) is 10.1. The van der Waals surface area contributed by atoms with Gasteiger partial charge in [-0.15, -0.1) is 0 Å². The summed E-state index contributed by atoms with van der Waals surface area (Å²) in [6.45, 7) is 0.841. The van der Waals surface area contributed by atoms with Crippen LogP contribution in [0.3, 0.4) is 0 Å². The maximum absolute atomic E-state index is 7.56. The summed E-state index contributed by atoms with van der Waals surface area (Å²) in [6.07, 6.45) is 0. The number of nitrogens with two attached hydrogens (primary N) is 1. The van der Waals surface area contributed by atoms with Gasteiger partial charge in [-0.25, -0.2) is 4.98 Å². The SMILES string of the molecule is COCCOc1nc2ccccc2cc1C(=N)N. The molecule has 0 radical (unpaired) electrons. The molecule has 0 aliphatic rings. The van der Waals surface area contributed by atoms with E-state index in [2.05, 4.69) is 4.98 Å². The largest absolute Gasteiger partial charge is 0.475 e. The van der Waals surface area contributed by atoms with Crippen molar-refractivity contribution in [1.82, 2.24) is 4.98 Å². The molecule has 0 aliphatic heterocycles. The standard InChI is InChI=1S/C13H15N3O2/c1-17-6-7-18-13-10(12(14)15)8-9-4-2-3-5-11(9)16-13/h2-5,8H,6-7H2,1H3,(H3,14,15). The second kappa shape index (κ2) is 5.46. The number of methoxy groups -OCH3 is 1.